The molecule has 10 heavy (non-hydrogen) atoms. The average molecular weight is 142 g/mol. The highest BCUT2D eigenvalue weighted by molar-refractivity contribution is 4.83. The van der Waals surface area contributed by atoms with E-state index in [1.54, 1.807) is 0 Å². The second-order valence-electron chi connectivity index (χ2n) is 1.59. The smallest absolute Gasteiger partial charge is 0.312 e. The van der Waals surface area contributed by atoms with Crippen LogP contribution in [0, 0.1) is 0 Å². The number of aromatic nitrogens is 2. The summed E-state index contributed by atoms with van der Waals surface area (Å²) < 4.78 is 0.653. The monoisotopic (exact) mass is 142 g/mol. The van der Waals surface area contributed by atoms with Gasteiger partial charge in [-0.3, -0.25) is 10.3 Å². The molecule has 1 aromatic rings. The van der Waals surface area contributed by atoms with Crippen LogP contribution in [0.2, 0.25) is 0 Å². The second kappa shape index (κ2) is 2.36. The lowest BCUT2D eigenvalue weighted by molar-refractivity contribution is 0.762. The molecule has 6 heteroatoms. The van der Waals surface area contributed by atoms with Crippen molar-refractivity contribution in [1.29, 1.82) is 0 Å². The molecule has 0 atom stereocenters. The first kappa shape index (κ1) is 6.56. The van der Waals surface area contributed by atoms with Crippen molar-refractivity contribution in [2.45, 2.75) is 0 Å². The molecular formula is C4H6N4O2. The van der Waals surface area contributed by atoms with E-state index in [0.717, 1.165) is 0 Å². The summed E-state index contributed by atoms with van der Waals surface area (Å²) in [6.07, 6.45) is 1.25. The van der Waals surface area contributed by atoms with Gasteiger partial charge in [0.1, 0.15) is 0 Å². The molecule has 54 valence electrons. The molecule has 0 amide bonds. The number of H-pyrrole nitrogens is 1. The summed E-state index contributed by atoms with van der Waals surface area (Å²) in [6.45, 7) is 0. The van der Waals surface area contributed by atoms with Crippen molar-refractivity contribution in [3.63, 3.8) is 0 Å². The molecular weight excluding hydrogens is 136 g/mol. The lowest BCUT2D eigenvalue weighted by Crippen LogP contribution is -2.43. The number of hydrogen-bond donors (Lipinski definition) is 3. The third-order valence-electron chi connectivity index (χ3n) is 0.985. The van der Waals surface area contributed by atoms with Crippen molar-refractivity contribution in [3.05, 3.63) is 33.1 Å². The van der Waals surface area contributed by atoms with Crippen molar-refractivity contribution in [2.24, 2.45) is 5.84 Å². The van der Waals surface area contributed by atoms with Gasteiger partial charge in [0.15, 0.2) is 0 Å². The summed E-state index contributed by atoms with van der Waals surface area (Å²) in [6, 6.07) is 1.18. The SMILES string of the molecule is NNn1c(=O)cc[nH]c1=O. The maximum atomic E-state index is 10.7. The summed E-state index contributed by atoms with van der Waals surface area (Å²) >= 11 is 0. The van der Waals surface area contributed by atoms with Crippen LogP contribution in [0.15, 0.2) is 21.9 Å². The zero-order chi connectivity index (χ0) is 7.56. The Kier molecular flexibility index (Phi) is 1.55. The van der Waals surface area contributed by atoms with E-state index < -0.39 is 11.2 Å². The quantitative estimate of drug-likeness (QED) is 0.311. The van der Waals surface area contributed by atoms with Crippen LogP contribution in [-0.4, -0.2) is 9.66 Å². The zero-order valence-corrected chi connectivity index (χ0v) is 5.00. The number of nitrogens with two attached hydrogens (primary N) is 1. The third-order valence-corrected chi connectivity index (χ3v) is 0.985. The summed E-state index contributed by atoms with van der Waals surface area (Å²) in [5.41, 5.74) is 0.842. The van der Waals surface area contributed by atoms with E-state index in [4.69, 9.17) is 5.84 Å². The van der Waals surface area contributed by atoms with E-state index in [1.165, 1.54) is 12.3 Å². The van der Waals surface area contributed by atoms with Gasteiger partial charge in [-0.25, -0.2) is 10.6 Å². The molecule has 0 aromatic carbocycles. The summed E-state index contributed by atoms with van der Waals surface area (Å²) in [7, 11) is 0. The van der Waals surface area contributed by atoms with Crippen molar-refractivity contribution >= 4 is 0 Å². The predicted octanol–water partition coefficient (Wildman–Crippen LogP) is -2.05. The molecule has 0 fully saturated rings. The van der Waals surface area contributed by atoms with E-state index >= 15 is 0 Å². The van der Waals surface area contributed by atoms with Crippen molar-refractivity contribution < 1.29 is 0 Å². The van der Waals surface area contributed by atoms with Gasteiger partial charge in [-0.2, -0.15) is 4.68 Å². The van der Waals surface area contributed by atoms with Crippen molar-refractivity contribution in [1.82, 2.24) is 9.66 Å². The van der Waals surface area contributed by atoms with Crippen LogP contribution in [-0.2, 0) is 0 Å². The summed E-state index contributed by atoms with van der Waals surface area (Å²) in [5, 5.41) is 0. The van der Waals surface area contributed by atoms with Crippen LogP contribution in [0.25, 0.3) is 0 Å². The van der Waals surface area contributed by atoms with Gasteiger partial charge in [0.2, 0.25) is 0 Å². The number of nitrogens with zero attached hydrogens (tertiary/aromatic N) is 1. The highest BCUT2D eigenvalue weighted by Crippen LogP contribution is 1.57. The Bertz CT molecular complexity index is 296. The molecule has 0 aliphatic rings. The Balaban J connectivity index is 3.46. The first-order chi connectivity index (χ1) is 4.75. The van der Waals surface area contributed by atoms with Gasteiger partial charge in [0, 0.05) is 12.3 Å². The van der Waals surface area contributed by atoms with Gasteiger partial charge in [-0.05, 0) is 0 Å². The Labute approximate surface area is 55.2 Å². The largest absolute Gasteiger partial charge is 0.348 e. The zero-order valence-electron chi connectivity index (χ0n) is 5.00. The lowest BCUT2D eigenvalue weighted by Gasteiger charge is -1.97. The maximum Gasteiger partial charge on any atom is 0.348 e. The minimum atomic E-state index is -0.588. The van der Waals surface area contributed by atoms with Gasteiger partial charge in [0.25, 0.3) is 5.56 Å². The fourth-order valence-electron chi connectivity index (χ4n) is 0.546. The van der Waals surface area contributed by atoms with Gasteiger partial charge in [-0.1, -0.05) is 0 Å². The summed E-state index contributed by atoms with van der Waals surface area (Å²) in [5.74, 6) is 4.84. The molecule has 0 spiro atoms. The molecule has 0 aliphatic heterocycles. The van der Waals surface area contributed by atoms with Gasteiger partial charge < -0.3 is 4.98 Å². The van der Waals surface area contributed by atoms with Gasteiger partial charge in [0.05, 0.1) is 0 Å². The Hall–Kier alpha value is -1.56. The average Bonchev–Trinajstić information content (AvgIpc) is 1.88. The molecule has 0 unspecified atom stereocenters. The number of aromatic amines is 1. The minimum Gasteiger partial charge on any atom is -0.312 e. The predicted molar refractivity (Wildman–Crippen MR) is 34.9 cm³/mol. The molecule has 1 heterocycles. The highest BCUT2D eigenvalue weighted by atomic mass is 16.2. The Morgan fingerprint density at radius 1 is 1.60 bits per heavy atom. The van der Waals surface area contributed by atoms with Crippen LogP contribution in [0.4, 0.5) is 0 Å². The van der Waals surface area contributed by atoms with E-state index in [9.17, 15) is 9.59 Å². The summed E-state index contributed by atoms with van der Waals surface area (Å²) in [4.78, 5) is 23.6. The van der Waals surface area contributed by atoms with E-state index in [2.05, 4.69) is 4.98 Å². The van der Waals surface area contributed by atoms with Crippen LogP contribution in [0.5, 0.6) is 0 Å². The molecule has 0 bridgehead atoms. The molecule has 0 aliphatic carbocycles. The van der Waals surface area contributed by atoms with E-state index in [0.29, 0.717) is 4.68 Å². The maximum absolute atomic E-state index is 10.7. The molecule has 6 nitrogen and oxygen atoms in total. The molecule has 0 saturated heterocycles. The van der Waals surface area contributed by atoms with Crippen LogP contribution in [0.3, 0.4) is 0 Å². The number of nitrogens with one attached hydrogen (secondary N) is 2. The minimum absolute atomic E-state index is 0.494. The van der Waals surface area contributed by atoms with Crippen LogP contribution in [0.1, 0.15) is 0 Å². The highest BCUT2D eigenvalue weighted by Gasteiger charge is 1.93. The third kappa shape index (κ3) is 0.914. The van der Waals surface area contributed by atoms with Crippen LogP contribution >= 0.6 is 0 Å². The molecule has 0 saturated carbocycles. The Morgan fingerprint density at radius 3 is 2.70 bits per heavy atom. The number of hydrazine groups is 1. The molecule has 4 N–H and O–H groups in total. The topological polar surface area (TPSA) is 92.9 Å². The van der Waals surface area contributed by atoms with Crippen molar-refractivity contribution in [2.75, 3.05) is 5.53 Å². The Morgan fingerprint density at radius 2 is 2.30 bits per heavy atom. The molecule has 1 rings (SSSR count). The fourth-order valence-corrected chi connectivity index (χ4v) is 0.546. The lowest BCUT2D eigenvalue weighted by atomic mass is 10.7. The number of hydrogen-bond acceptors (Lipinski definition) is 4. The first-order valence-electron chi connectivity index (χ1n) is 2.53. The second-order valence-corrected chi connectivity index (χ2v) is 1.59. The standard InChI is InChI=1S/C4H6N4O2/c5-7-8-3(9)1-2-6-4(8)10/h1-2,7H,5H2,(H,6,10). The fraction of sp³-hybridized carbons (Fsp3) is 0. The normalized spacial score (nSPS) is 9.30. The van der Waals surface area contributed by atoms with Crippen molar-refractivity contribution in [3.8, 4) is 0 Å². The van der Waals surface area contributed by atoms with E-state index in [1.807, 2.05) is 5.53 Å². The first-order valence-corrected chi connectivity index (χ1v) is 2.53. The van der Waals surface area contributed by atoms with Gasteiger partial charge >= 0.3 is 5.69 Å². The number of rotatable bonds is 1. The van der Waals surface area contributed by atoms with Crippen LogP contribution < -0.4 is 22.6 Å². The molecule has 1 aromatic heterocycles. The number of nitrogen functional groups attached to an aromatic ring is 1. The van der Waals surface area contributed by atoms with E-state index in [-0.39, 0.29) is 0 Å². The van der Waals surface area contributed by atoms with Gasteiger partial charge in [-0.15, -0.1) is 0 Å². The molecule has 0 radical (unpaired) electrons.